The van der Waals surface area contributed by atoms with Crippen LogP contribution in [0.1, 0.15) is 64.5 Å². The predicted molar refractivity (Wildman–Crippen MR) is 282 cm³/mol. The zero-order valence-corrected chi connectivity index (χ0v) is 43.9. The number of fused-ring (bicyclic) bond motifs is 6. The van der Waals surface area contributed by atoms with Crippen molar-refractivity contribution >= 4 is 61.5 Å². The van der Waals surface area contributed by atoms with Crippen LogP contribution in [0.15, 0.2) is 181 Å². The van der Waals surface area contributed by atoms with Gasteiger partial charge in [0.15, 0.2) is 0 Å². The standard InChI is InChI=1S/C40H32N3O.C21H22GeN.Ir/c1-24(2)32-21-27(26-13-6-5-7-14-26)22-33(25(3)4)38(32)43-35-23-41-34-19-10-8-16-30(34)37(35)42-40(43)31-18-12-17-29-28-15-9-11-20-36(28)44-39(29)31;1-22(2,3)20-16-23-21(18-12-8-5-9-13-18)15-19(20)14-17-10-6-4-7-11-17;/h5-17,19-25H,1-4H3;4-12,15-16H,14H2,1-3H3;/q2*-1;/i;14D2;. The van der Waals surface area contributed by atoms with Gasteiger partial charge in [-0.2, -0.15) is 0 Å². The van der Waals surface area contributed by atoms with Gasteiger partial charge in [0.05, 0.1) is 34.2 Å². The number of aromatic nitrogens is 4. The molecular weight excluding hydrogens is 1070 g/mol. The molecule has 0 atom stereocenters. The molecule has 7 heteroatoms. The normalized spacial score (nSPS) is 12.3. The Morgan fingerprint density at radius 2 is 1.31 bits per heavy atom. The Hall–Kier alpha value is -6.44. The molecule has 4 heterocycles. The first-order valence-electron chi connectivity index (χ1n) is 24.2. The van der Waals surface area contributed by atoms with Gasteiger partial charge in [-0.05, 0) is 58.4 Å². The third-order valence-electron chi connectivity index (χ3n) is 12.5. The zero-order chi connectivity index (χ0) is 48.0. The number of furan rings is 1. The average Bonchev–Trinajstić information content (AvgIpc) is 3.96. The van der Waals surface area contributed by atoms with Gasteiger partial charge in [0.2, 0.25) is 0 Å². The summed E-state index contributed by atoms with van der Waals surface area (Å²) < 4.78 is 27.7. The topological polar surface area (TPSA) is 56.7 Å². The Bertz CT molecular complexity index is 3610. The van der Waals surface area contributed by atoms with Crippen LogP contribution in [0.2, 0.25) is 17.3 Å². The number of rotatable bonds is 9. The van der Waals surface area contributed by atoms with Crippen LogP contribution in [-0.2, 0) is 26.5 Å². The first-order chi connectivity index (χ1) is 33.3. The summed E-state index contributed by atoms with van der Waals surface area (Å²) in [5.74, 6) is 8.15. The van der Waals surface area contributed by atoms with Crippen LogP contribution < -0.4 is 4.40 Å². The van der Waals surface area contributed by atoms with Gasteiger partial charge in [0, 0.05) is 36.6 Å². The van der Waals surface area contributed by atoms with E-state index in [2.05, 4.69) is 139 Å². The molecule has 11 aromatic rings. The maximum atomic E-state index is 8.85. The summed E-state index contributed by atoms with van der Waals surface area (Å²) >= 11 is -2.30. The number of hydrogen-bond acceptors (Lipinski definition) is 4. The molecule has 0 bridgehead atoms. The third-order valence-corrected chi connectivity index (χ3v) is 16.7. The second-order valence-corrected chi connectivity index (χ2v) is 29.4. The van der Waals surface area contributed by atoms with Gasteiger partial charge in [-0.15, -0.1) is 18.2 Å². The first-order valence-corrected chi connectivity index (χ1v) is 30.5. The van der Waals surface area contributed by atoms with Gasteiger partial charge in [-0.25, -0.2) is 0 Å². The van der Waals surface area contributed by atoms with Gasteiger partial charge >= 0.3 is 144 Å². The molecule has 0 unspecified atom stereocenters. The quantitative estimate of drug-likeness (QED) is 0.107. The van der Waals surface area contributed by atoms with E-state index in [-0.39, 0.29) is 31.9 Å². The number of pyridine rings is 2. The largest absolute Gasteiger partial charge is 0 e. The van der Waals surface area contributed by atoms with Crippen molar-refractivity contribution in [2.24, 2.45) is 0 Å². The minimum absolute atomic E-state index is 0. The summed E-state index contributed by atoms with van der Waals surface area (Å²) in [6.45, 7) is 9.10. The smallest absolute Gasteiger partial charge is 0 e. The minimum Gasteiger partial charge on any atom is 0 e. The van der Waals surface area contributed by atoms with Crippen molar-refractivity contribution in [2.45, 2.75) is 63.2 Å². The van der Waals surface area contributed by atoms with E-state index in [1.54, 1.807) is 0 Å². The van der Waals surface area contributed by atoms with Crippen molar-refractivity contribution in [1.82, 2.24) is 19.5 Å². The fourth-order valence-corrected chi connectivity index (χ4v) is 12.0. The molecule has 5 nitrogen and oxygen atoms in total. The molecule has 4 aromatic heterocycles. The summed E-state index contributed by atoms with van der Waals surface area (Å²) in [6.07, 6.45) is 2.32. The molecule has 0 spiro atoms. The van der Waals surface area contributed by atoms with Crippen LogP contribution in [-0.4, -0.2) is 32.8 Å². The Kier molecular flexibility index (Phi) is 12.7. The minimum atomic E-state index is -2.30. The van der Waals surface area contributed by atoms with E-state index in [4.69, 9.17) is 17.1 Å². The van der Waals surface area contributed by atoms with Crippen LogP contribution in [0.5, 0.6) is 0 Å². The molecule has 0 fully saturated rings. The van der Waals surface area contributed by atoms with Crippen molar-refractivity contribution in [3.05, 3.63) is 211 Å². The fourth-order valence-electron chi connectivity index (χ4n) is 9.07. The van der Waals surface area contributed by atoms with Crippen LogP contribution in [0.25, 0.3) is 83.3 Å². The number of para-hydroxylation sites is 2. The van der Waals surface area contributed by atoms with E-state index in [0.717, 1.165) is 82.2 Å². The van der Waals surface area contributed by atoms with Crippen LogP contribution in [0, 0.1) is 12.1 Å². The van der Waals surface area contributed by atoms with Gasteiger partial charge in [-0.1, -0.05) is 105 Å². The Balaban J connectivity index is 0.000000200. The molecule has 0 saturated heterocycles. The molecule has 0 N–H and O–H groups in total. The monoisotopic (exact) mass is 1130 g/mol. The van der Waals surface area contributed by atoms with Crippen molar-refractivity contribution < 1.29 is 27.3 Å². The number of nitrogens with zero attached hydrogens (tertiary/aromatic N) is 4. The number of benzene rings is 7. The Morgan fingerprint density at radius 3 is 2.00 bits per heavy atom. The first kappa shape index (κ1) is 44.1. The zero-order valence-electron chi connectivity index (χ0n) is 41.4. The molecule has 0 aliphatic rings. The predicted octanol–water partition coefficient (Wildman–Crippen LogP) is 15.5. The molecular formula is C61H54GeIrN4O-2. The summed E-state index contributed by atoms with van der Waals surface area (Å²) in [7, 11) is 0. The third kappa shape index (κ3) is 9.13. The van der Waals surface area contributed by atoms with Crippen LogP contribution >= 0.6 is 0 Å². The Morgan fingerprint density at radius 1 is 0.647 bits per heavy atom. The number of hydrogen-bond donors (Lipinski definition) is 0. The molecule has 7 aromatic carbocycles. The van der Waals surface area contributed by atoms with Gasteiger partial charge < -0.3 is 8.98 Å². The van der Waals surface area contributed by atoms with E-state index < -0.39 is 19.6 Å². The SMILES string of the molecule is CC(C)c1cc(-c2ccccc2)cc(C(C)C)c1-n1c(-c2[c-]ccc3c2oc2ccccc23)nc2c3ccccc3ncc21.[2H]C([2H])(c1ccccc1)c1cc(-c2[c-]cccc2)nc[c]1[Ge]([CH3])([CH3])[CH3].[Ir]. The second-order valence-electron chi connectivity index (χ2n) is 18.8. The molecule has 11 rings (SSSR count). The van der Waals surface area contributed by atoms with Crippen LogP contribution in [0.4, 0.5) is 0 Å². The maximum absolute atomic E-state index is 8.85. The fraction of sp³-hybridized carbons (Fsp3) is 0.164. The van der Waals surface area contributed by atoms with Crippen molar-refractivity contribution in [3.63, 3.8) is 0 Å². The van der Waals surface area contributed by atoms with Crippen molar-refractivity contribution in [2.75, 3.05) is 0 Å². The summed E-state index contributed by atoms with van der Waals surface area (Å²) in [6, 6.07) is 61.7. The van der Waals surface area contributed by atoms with E-state index in [0.29, 0.717) is 5.56 Å². The van der Waals surface area contributed by atoms with Crippen molar-refractivity contribution in [1.29, 1.82) is 0 Å². The van der Waals surface area contributed by atoms with Gasteiger partial charge in [0.25, 0.3) is 0 Å². The van der Waals surface area contributed by atoms with E-state index >= 15 is 0 Å². The van der Waals surface area contributed by atoms with Crippen LogP contribution in [0.3, 0.4) is 0 Å². The molecule has 0 saturated carbocycles. The maximum Gasteiger partial charge on any atom is 0 e. The molecule has 1 radical (unpaired) electrons. The molecule has 68 heavy (non-hydrogen) atoms. The number of imidazole rings is 1. The summed E-state index contributed by atoms with van der Waals surface area (Å²) in [5, 5.41) is 3.17. The second kappa shape index (κ2) is 19.7. The Labute approximate surface area is 418 Å². The van der Waals surface area contributed by atoms with E-state index in [9.17, 15) is 0 Å². The molecule has 0 aliphatic heterocycles. The van der Waals surface area contributed by atoms with Crippen molar-refractivity contribution in [3.8, 4) is 39.5 Å². The molecule has 0 amide bonds. The van der Waals surface area contributed by atoms with E-state index in [1.807, 2.05) is 103 Å². The van der Waals surface area contributed by atoms with Gasteiger partial charge in [-0.3, -0.25) is 9.97 Å². The summed E-state index contributed by atoms with van der Waals surface area (Å²) in [4.78, 5) is 15.0. The summed E-state index contributed by atoms with van der Waals surface area (Å²) in [5.41, 5.74) is 14.5. The average molecular weight is 1130 g/mol. The van der Waals surface area contributed by atoms with Gasteiger partial charge in [0.1, 0.15) is 5.58 Å². The molecule has 0 aliphatic carbocycles. The van der Waals surface area contributed by atoms with E-state index in [1.165, 1.54) is 22.3 Å². The molecule has 339 valence electrons.